The van der Waals surface area contributed by atoms with Gasteiger partial charge in [-0.2, -0.15) is 0 Å². The zero-order valence-electron chi connectivity index (χ0n) is 18.7. The van der Waals surface area contributed by atoms with Crippen LogP contribution in [0, 0.1) is 13.8 Å². The molecule has 1 N–H and O–H groups in total. The van der Waals surface area contributed by atoms with Gasteiger partial charge in [0, 0.05) is 17.1 Å². The lowest BCUT2D eigenvalue weighted by molar-refractivity contribution is 0.0512. The number of esters is 1. The summed E-state index contributed by atoms with van der Waals surface area (Å²) in [6.07, 6.45) is 0. The monoisotopic (exact) mass is 430 g/mol. The van der Waals surface area contributed by atoms with Gasteiger partial charge in [0.2, 0.25) is 5.82 Å². The van der Waals surface area contributed by atoms with Crippen molar-refractivity contribution in [3.05, 3.63) is 71.7 Å². The Hall–Kier alpha value is -3.87. The molecule has 0 unspecified atom stereocenters. The maximum atomic E-state index is 12.5. The highest BCUT2D eigenvalue weighted by Gasteiger charge is 2.22. The minimum Gasteiger partial charge on any atom is -0.494 e. The van der Waals surface area contributed by atoms with Gasteiger partial charge in [-0.15, -0.1) is 0 Å². The molecule has 4 rings (SSSR count). The first kappa shape index (κ1) is 21.4. The van der Waals surface area contributed by atoms with Gasteiger partial charge >= 0.3 is 5.97 Å². The minimum absolute atomic E-state index is 0.0162. The summed E-state index contributed by atoms with van der Waals surface area (Å²) in [6.45, 7) is 8.63. The van der Waals surface area contributed by atoms with Crippen molar-refractivity contribution in [2.75, 3.05) is 18.5 Å². The van der Waals surface area contributed by atoms with Gasteiger partial charge < -0.3 is 14.8 Å². The van der Waals surface area contributed by atoms with Crippen molar-refractivity contribution in [1.82, 2.24) is 14.5 Å². The van der Waals surface area contributed by atoms with E-state index in [1.54, 1.807) is 6.92 Å². The van der Waals surface area contributed by atoms with Crippen molar-refractivity contribution in [3.63, 3.8) is 0 Å². The number of carbonyl (C=O) groups excluding carboxylic acids is 1. The highest BCUT2D eigenvalue weighted by molar-refractivity contribution is 5.97. The van der Waals surface area contributed by atoms with Crippen LogP contribution in [0.1, 0.15) is 35.7 Å². The molecule has 2 aromatic carbocycles. The predicted octanol–water partition coefficient (Wildman–Crippen LogP) is 5.36. The Kier molecular flexibility index (Phi) is 6.07. The van der Waals surface area contributed by atoms with E-state index in [1.165, 1.54) is 0 Å². The molecule has 0 aliphatic heterocycles. The lowest BCUT2D eigenvalue weighted by Crippen LogP contribution is -2.12. The quantitative estimate of drug-likeness (QED) is 0.398. The zero-order chi connectivity index (χ0) is 22.7. The molecule has 0 aliphatic carbocycles. The second-order valence-corrected chi connectivity index (χ2v) is 7.28. The Morgan fingerprint density at radius 1 is 0.969 bits per heavy atom. The normalized spacial score (nSPS) is 10.9. The van der Waals surface area contributed by atoms with E-state index in [1.807, 2.05) is 79.9 Å². The maximum Gasteiger partial charge on any atom is 0.376 e. The summed E-state index contributed by atoms with van der Waals surface area (Å²) in [6, 6.07) is 17.6. The van der Waals surface area contributed by atoms with Crippen LogP contribution in [0.4, 0.5) is 11.5 Å². The maximum absolute atomic E-state index is 12.5. The number of benzene rings is 2. The molecule has 0 saturated heterocycles. The number of hydrogen-bond acceptors (Lipinski definition) is 6. The number of hydrogen-bond donors (Lipinski definition) is 1. The number of rotatable bonds is 7. The highest BCUT2D eigenvalue weighted by Crippen LogP contribution is 2.33. The zero-order valence-corrected chi connectivity index (χ0v) is 18.7. The molecular formula is C25H26N4O3. The van der Waals surface area contributed by atoms with Crippen LogP contribution in [0.5, 0.6) is 5.75 Å². The van der Waals surface area contributed by atoms with Crippen molar-refractivity contribution in [2.45, 2.75) is 27.7 Å². The van der Waals surface area contributed by atoms with Crippen LogP contribution in [-0.4, -0.2) is 33.7 Å². The lowest BCUT2D eigenvalue weighted by atomic mass is 10.2. The molecule has 0 saturated carbocycles. The molecule has 7 heteroatoms. The molecule has 2 heterocycles. The Labute approximate surface area is 187 Å². The third-order valence-corrected chi connectivity index (χ3v) is 5.26. The second kappa shape index (κ2) is 9.09. The van der Waals surface area contributed by atoms with Crippen molar-refractivity contribution in [2.24, 2.45) is 0 Å². The number of para-hydroxylation sites is 1. The van der Waals surface area contributed by atoms with E-state index >= 15 is 0 Å². The summed E-state index contributed by atoms with van der Waals surface area (Å²) in [4.78, 5) is 21.7. The molecule has 0 bridgehead atoms. The van der Waals surface area contributed by atoms with Gasteiger partial charge in [-0.05, 0) is 69.7 Å². The highest BCUT2D eigenvalue weighted by atomic mass is 16.5. The second-order valence-electron chi connectivity index (χ2n) is 7.28. The van der Waals surface area contributed by atoms with Crippen molar-refractivity contribution in [3.8, 4) is 11.4 Å². The van der Waals surface area contributed by atoms with Gasteiger partial charge in [0.25, 0.3) is 0 Å². The average Bonchev–Trinajstić information content (AvgIpc) is 3.06. The third-order valence-electron chi connectivity index (χ3n) is 5.26. The van der Waals surface area contributed by atoms with E-state index in [9.17, 15) is 4.79 Å². The Bertz CT molecular complexity index is 1250. The summed E-state index contributed by atoms with van der Waals surface area (Å²) < 4.78 is 12.8. The fourth-order valence-electron chi connectivity index (χ4n) is 3.67. The summed E-state index contributed by atoms with van der Waals surface area (Å²) in [5.41, 5.74) is 4.50. The Morgan fingerprint density at radius 2 is 1.69 bits per heavy atom. The number of nitrogens with one attached hydrogen (secondary N) is 1. The average molecular weight is 431 g/mol. The number of ether oxygens (including phenoxy) is 2. The topological polar surface area (TPSA) is 78.3 Å². The molecule has 7 nitrogen and oxygen atoms in total. The van der Waals surface area contributed by atoms with Crippen LogP contribution < -0.4 is 10.1 Å². The molecule has 0 fully saturated rings. The molecule has 0 amide bonds. The standard InChI is InChI=1S/C25H26N4O3/c1-5-31-20-14-12-18(13-15-20)26-22-21-16(3)17(4)29(19-10-8-7-9-11-19)24(21)28-23(27-22)25(30)32-6-2/h7-15H,5-6H2,1-4H3,(H,26,27,28). The van der Waals surface area contributed by atoms with Gasteiger partial charge in [0.05, 0.1) is 18.6 Å². The number of anilines is 2. The summed E-state index contributed by atoms with van der Waals surface area (Å²) in [5, 5.41) is 4.21. The third kappa shape index (κ3) is 4.01. The molecule has 164 valence electrons. The molecule has 0 atom stereocenters. The summed E-state index contributed by atoms with van der Waals surface area (Å²) in [7, 11) is 0. The first-order chi connectivity index (χ1) is 15.5. The number of fused-ring (bicyclic) bond motifs is 1. The largest absolute Gasteiger partial charge is 0.494 e. The predicted molar refractivity (Wildman–Crippen MR) is 125 cm³/mol. The van der Waals surface area contributed by atoms with Crippen LogP contribution in [0.2, 0.25) is 0 Å². The molecule has 32 heavy (non-hydrogen) atoms. The van der Waals surface area contributed by atoms with Gasteiger partial charge in [-0.3, -0.25) is 4.57 Å². The molecule has 0 aliphatic rings. The molecule has 4 aromatic rings. The number of aromatic nitrogens is 3. The van der Waals surface area contributed by atoms with Crippen LogP contribution in [-0.2, 0) is 4.74 Å². The fraction of sp³-hybridized carbons (Fsp3) is 0.240. The minimum atomic E-state index is -0.555. The van der Waals surface area contributed by atoms with Gasteiger partial charge in [0.15, 0.2) is 5.65 Å². The first-order valence-corrected chi connectivity index (χ1v) is 10.7. The van der Waals surface area contributed by atoms with E-state index < -0.39 is 5.97 Å². The number of aryl methyl sites for hydroxylation is 1. The molecule has 2 aromatic heterocycles. The lowest BCUT2D eigenvalue weighted by Gasteiger charge is -2.12. The van der Waals surface area contributed by atoms with Gasteiger partial charge in [-0.25, -0.2) is 14.8 Å². The van der Waals surface area contributed by atoms with Crippen LogP contribution >= 0.6 is 0 Å². The summed E-state index contributed by atoms with van der Waals surface area (Å²) >= 11 is 0. The molecular weight excluding hydrogens is 404 g/mol. The summed E-state index contributed by atoms with van der Waals surface area (Å²) in [5.74, 6) is 0.806. The van der Waals surface area contributed by atoms with E-state index in [2.05, 4.69) is 15.3 Å². The van der Waals surface area contributed by atoms with E-state index in [-0.39, 0.29) is 12.4 Å². The smallest absolute Gasteiger partial charge is 0.376 e. The Balaban J connectivity index is 1.89. The van der Waals surface area contributed by atoms with E-state index in [4.69, 9.17) is 9.47 Å². The number of carbonyl (C=O) groups is 1. The van der Waals surface area contributed by atoms with E-state index in [0.29, 0.717) is 18.1 Å². The van der Waals surface area contributed by atoms with Crippen molar-refractivity contribution >= 4 is 28.5 Å². The van der Waals surface area contributed by atoms with Crippen LogP contribution in [0.15, 0.2) is 54.6 Å². The van der Waals surface area contributed by atoms with Gasteiger partial charge in [-0.1, -0.05) is 18.2 Å². The fourth-order valence-corrected chi connectivity index (χ4v) is 3.67. The van der Waals surface area contributed by atoms with Crippen LogP contribution in [0.3, 0.4) is 0 Å². The van der Waals surface area contributed by atoms with Gasteiger partial charge in [0.1, 0.15) is 11.6 Å². The first-order valence-electron chi connectivity index (χ1n) is 10.7. The SMILES string of the molecule is CCOC(=O)c1nc(Nc2ccc(OCC)cc2)c2c(C)c(C)n(-c3ccccc3)c2n1. The van der Waals surface area contributed by atoms with Crippen LogP contribution in [0.25, 0.3) is 16.7 Å². The van der Waals surface area contributed by atoms with Crippen molar-refractivity contribution in [1.29, 1.82) is 0 Å². The Morgan fingerprint density at radius 3 is 2.34 bits per heavy atom. The molecule has 0 radical (unpaired) electrons. The molecule has 0 spiro atoms. The van der Waals surface area contributed by atoms with Crippen molar-refractivity contribution < 1.29 is 14.3 Å². The van der Waals surface area contributed by atoms with E-state index in [0.717, 1.165) is 33.8 Å². The number of nitrogens with zero attached hydrogens (tertiary/aromatic N) is 3.